The van der Waals surface area contributed by atoms with Crippen molar-refractivity contribution in [2.75, 3.05) is 0 Å². The Balaban J connectivity index is 2.07. The van der Waals surface area contributed by atoms with Crippen LogP contribution in [0.4, 0.5) is 13.2 Å². The van der Waals surface area contributed by atoms with Gasteiger partial charge in [0.1, 0.15) is 6.04 Å². The van der Waals surface area contributed by atoms with E-state index in [2.05, 4.69) is 4.98 Å². The molecule has 118 valence electrons. The van der Waals surface area contributed by atoms with Gasteiger partial charge in [-0.2, -0.15) is 13.2 Å². The maximum Gasteiger partial charge on any atom is 0.409 e. The largest absolute Gasteiger partial charge is 0.448 e. The molecule has 0 aliphatic heterocycles. The molecule has 5 nitrogen and oxygen atoms in total. The maximum atomic E-state index is 13.4. The van der Waals surface area contributed by atoms with E-state index >= 15 is 0 Å². The van der Waals surface area contributed by atoms with Crippen molar-refractivity contribution in [3.8, 4) is 11.6 Å². The van der Waals surface area contributed by atoms with Crippen molar-refractivity contribution in [1.29, 1.82) is 0 Å². The number of halogens is 3. The number of aromatic nitrogens is 2. The van der Waals surface area contributed by atoms with Crippen LogP contribution in [-0.2, 0) is 0 Å². The zero-order valence-corrected chi connectivity index (χ0v) is 11.7. The van der Waals surface area contributed by atoms with Crippen molar-refractivity contribution in [2.24, 2.45) is 11.7 Å². The molecule has 0 aromatic carbocycles. The Morgan fingerprint density at radius 3 is 2.64 bits per heavy atom. The standard InChI is InChI=1S/C14H14F3N3O2/c1-7-6-20(11(8-2-3-8)14(15,16)17)13(19-7)10-5-4-9(22-10)12(18)21/h4-6,8,11H,2-3H2,1H3,(H2,18,21)/t11-/m0/s1. The van der Waals surface area contributed by atoms with Crippen molar-refractivity contribution in [2.45, 2.75) is 32.0 Å². The molecule has 1 amide bonds. The van der Waals surface area contributed by atoms with Gasteiger partial charge in [0, 0.05) is 6.20 Å². The number of carbonyl (C=O) groups excluding carboxylic acids is 1. The first kappa shape index (κ1) is 14.7. The highest BCUT2D eigenvalue weighted by Gasteiger charge is 2.51. The summed E-state index contributed by atoms with van der Waals surface area (Å²) in [5.74, 6) is -1.19. The molecule has 22 heavy (non-hydrogen) atoms. The van der Waals surface area contributed by atoms with Crippen LogP contribution in [0.5, 0.6) is 0 Å². The highest BCUT2D eigenvalue weighted by molar-refractivity contribution is 5.90. The Labute approximate surface area is 123 Å². The molecule has 1 aliphatic carbocycles. The van der Waals surface area contributed by atoms with Gasteiger partial charge in [-0.15, -0.1) is 0 Å². The summed E-state index contributed by atoms with van der Waals surface area (Å²) < 4.78 is 46.5. The normalized spacial score (nSPS) is 16.7. The molecular formula is C14H14F3N3O2. The molecule has 0 saturated heterocycles. The van der Waals surface area contributed by atoms with Crippen LogP contribution in [0, 0.1) is 12.8 Å². The van der Waals surface area contributed by atoms with Gasteiger partial charge >= 0.3 is 6.18 Å². The van der Waals surface area contributed by atoms with Gasteiger partial charge < -0.3 is 14.7 Å². The molecule has 1 aliphatic rings. The van der Waals surface area contributed by atoms with Gasteiger partial charge in [0.25, 0.3) is 5.91 Å². The first-order chi connectivity index (χ1) is 10.3. The van der Waals surface area contributed by atoms with Crippen LogP contribution in [0.3, 0.4) is 0 Å². The van der Waals surface area contributed by atoms with Gasteiger partial charge in [-0.3, -0.25) is 4.79 Å². The number of hydrogen-bond donors (Lipinski definition) is 1. The average Bonchev–Trinajstić information content (AvgIpc) is 2.96. The molecule has 0 unspecified atom stereocenters. The smallest absolute Gasteiger partial charge is 0.409 e. The number of carbonyl (C=O) groups is 1. The van der Waals surface area contributed by atoms with Crippen molar-refractivity contribution in [1.82, 2.24) is 9.55 Å². The SMILES string of the molecule is Cc1cn([C@@H](C2CC2)C(F)(F)F)c(-c2ccc(C(N)=O)o2)n1. The van der Waals surface area contributed by atoms with Gasteiger partial charge in [-0.1, -0.05) is 0 Å². The third kappa shape index (κ3) is 2.60. The molecule has 8 heteroatoms. The zero-order valence-electron chi connectivity index (χ0n) is 11.7. The van der Waals surface area contributed by atoms with Gasteiger partial charge in [-0.05, 0) is 37.8 Å². The lowest BCUT2D eigenvalue weighted by molar-refractivity contribution is -0.172. The number of furan rings is 1. The number of primary amides is 1. The van der Waals surface area contributed by atoms with E-state index in [-0.39, 0.29) is 17.3 Å². The fraction of sp³-hybridized carbons (Fsp3) is 0.429. The Morgan fingerprint density at radius 2 is 2.14 bits per heavy atom. The first-order valence-electron chi connectivity index (χ1n) is 6.79. The molecule has 2 N–H and O–H groups in total. The number of aryl methyl sites for hydroxylation is 1. The minimum atomic E-state index is -4.37. The third-order valence-corrected chi connectivity index (χ3v) is 3.63. The van der Waals surface area contributed by atoms with Crippen molar-refractivity contribution in [3.63, 3.8) is 0 Å². The molecule has 2 aromatic heterocycles. The fourth-order valence-electron chi connectivity index (χ4n) is 2.57. The predicted molar refractivity (Wildman–Crippen MR) is 71.0 cm³/mol. The lowest BCUT2D eigenvalue weighted by atomic mass is 10.1. The second-order valence-corrected chi connectivity index (χ2v) is 5.47. The molecule has 1 fully saturated rings. The number of nitrogens with zero attached hydrogens (tertiary/aromatic N) is 2. The minimum Gasteiger partial charge on any atom is -0.448 e. The fourth-order valence-corrected chi connectivity index (χ4v) is 2.57. The summed E-state index contributed by atoms with van der Waals surface area (Å²) in [7, 11) is 0. The van der Waals surface area contributed by atoms with Gasteiger partial charge in [0.2, 0.25) is 0 Å². The van der Waals surface area contributed by atoms with Crippen LogP contribution in [0.1, 0.15) is 35.1 Å². The number of rotatable bonds is 4. The highest BCUT2D eigenvalue weighted by atomic mass is 19.4. The minimum absolute atomic E-state index is 0.0548. The quantitative estimate of drug-likeness (QED) is 0.942. The van der Waals surface area contributed by atoms with Crippen molar-refractivity contribution < 1.29 is 22.4 Å². The van der Waals surface area contributed by atoms with E-state index in [9.17, 15) is 18.0 Å². The second-order valence-electron chi connectivity index (χ2n) is 5.47. The Morgan fingerprint density at radius 1 is 1.45 bits per heavy atom. The van der Waals surface area contributed by atoms with Gasteiger partial charge in [0.05, 0.1) is 5.69 Å². The van der Waals surface area contributed by atoms with Crippen LogP contribution in [0.15, 0.2) is 22.7 Å². The number of amides is 1. The van der Waals surface area contributed by atoms with E-state index in [0.29, 0.717) is 18.5 Å². The summed E-state index contributed by atoms with van der Waals surface area (Å²) in [5, 5.41) is 0. The Hall–Kier alpha value is -2.25. The van der Waals surface area contributed by atoms with E-state index in [1.165, 1.54) is 18.3 Å². The predicted octanol–water partition coefficient (Wildman–Crippen LogP) is 3.06. The Bertz CT molecular complexity index is 713. The summed E-state index contributed by atoms with van der Waals surface area (Å²) in [6, 6.07) is 1.09. The number of imidazole rings is 1. The molecule has 3 rings (SSSR count). The lowest BCUT2D eigenvalue weighted by Gasteiger charge is -2.22. The van der Waals surface area contributed by atoms with E-state index in [1.807, 2.05) is 0 Å². The molecule has 0 bridgehead atoms. The van der Waals surface area contributed by atoms with E-state index in [0.717, 1.165) is 4.57 Å². The van der Waals surface area contributed by atoms with Crippen LogP contribution in [0.25, 0.3) is 11.6 Å². The van der Waals surface area contributed by atoms with E-state index < -0.39 is 24.0 Å². The number of alkyl halides is 3. The van der Waals surface area contributed by atoms with Crippen molar-refractivity contribution >= 4 is 5.91 Å². The summed E-state index contributed by atoms with van der Waals surface area (Å²) in [5.41, 5.74) is 5.54. The maximum absolute atomic E-state index is 13.4. The summed E-state index contributed by atoms with van der Waals surface area (Å²) in [6.07, 6.45) is -1.95. The van der Waals surface area contributed by atoms with Crippen molar-refractivity contribution in [3.05, 3.63) is 29.8 Å². The molecule has 2 heterocycles. The number of nitrogens with two attached hydrogens (primary N) is 1. The zero-order chi connectivity index (χ0) is 16.1. The average molecular weight is 313 g/mol. The molecule has 0 spiro atoms. The van der Waals surface area contributed by atoms with Crippen LogP contribution >= 0.6 is 0 Å². The van der Waals surface area contributed by atoms with E-state index in [1.54, 1.807) is 6.92 Å². The molecular weight excluding hydrogens is 299 g/mol. The lowest BCUT2D eigenvalue weighted by Crippen LogP contribution is -2.28. The Kier molecular flexibility index (Phi) is 3.26. The summed E-state index contributed by atoms with van der Waals surface area (Å²) >= 11 is 0. The van der Waals surface area contributed by atoms with Crippen LogP contribution in [0.2, 0.25) is 0 Å². The van der Waals surface area contributed by atoms with Crippen LogP contribution in [-0.4, -0.2) is 21.6 Å². The monoisotopic (exact) mass is 313 g/mol. The van der Waals surface area contributed by atoms with E-state index in [4.69, 9.17) is 10.2 Å². The summed E-state index contributed by atoms with van der Waals surface area (Å²) in [6.45, 7) is 1.61. The first-order valence-corrected chi connectivity index (χ1v) is 6.79. The third-order valence-electron chi connectivity index (χ3n) is 3.63. The highest BCUT2D eigenvalue weighted by Crippen LogP contribution is 2.49. The molecule has 2 aromatic rings. The molecule has 0 radical (unpaired) electrons. The van der Waals surface area contributed by atoms with Gasteiger partial charge in [-0.25, -0.2) is 4.98 Å². The topological polar surface area (TPSA) is 74.0 Å². The van der Waals surface area contributed by atoms with Crippen LogP contribution < -0.4 is 5.73 Å². The molecule has 1 atom stereocenters. The molecule has 1 saturated carbocycles. The van der Waals surface area contributed by atoms with Gasteiger partial charge in [0.15, 0.2) is 17.3 Å². The summed E-state index contributed by atoms with van der Waals surface area (Å²) in [4.78, 5) is 15.2. The second kappa shape index (κ2) is 4.89. The number of hydrogen-bond acceptors (Lipinski definition) is 3.